The van der Waals surface area contributed by atoms with E-state index in [2.05, 4.69) is 6.58 Å². The van der Waals surface area contributed by atoms with Gasteiger partial charge in [-0.25, -0.2) is 4.39 Å². The lowest BCUT2D eigenvalue weighted by molar-refractivity contribution is -0.145. The molecule has 0 aliphatic carbocycles. The van der Waals surface area contributed by atoms with Crippen molar-refractivity contribution in [1.82, 2.24) is 4.90 Å². The Hall–Kier alpha value is -3.15. The normalized spacial score (nSPS) is 19.8. The number of carboxylic acids is 1. The van der Waals surface area contributed by atoms with Crippen molar-refractivity contribution in [2.75, 3.05) is 20.2 Å². The summed E-state index contributed by atoms with van der Waals surface area (Å²) in [6.45, 7) is 6.38. The predicted molar refractivity (Wildman–Crippen MR) is 112 cm³/mol. The molecule has 0 aromatic heterocycles. The van der Waals surface area contributed by atoms with E-state index in [1.165, 1.54) is 12.1 Å². The molecular formula is C24H26FNO4. The van der Waals surface area contributed by atoms with E-state index in [-0.39, 0.29) is 30.1 Å². The number of benzene rings is 2. The zero-order chi connectivity index (χ0) is 21.8. The van der Waals surface area contributed by atoms with Crippen molar-refractivity contribution in [2.45, 2.75) is 25.2 Å². The van der Waals surface area contributed by atoms with Crippen LogP contribution in [0, 0.1) is 11.7 Å². The molecule has 1 aliphatic heterocycles. The molecule has 3 rings (SSSR count). The highest BCUT2D eigenvalue weighted by atomic mass is 19.1. The Labute approximate surface area is 175 Å². The van der Waals surface area contributed by atoms with Gasteiger partial charge in [0.15, 0.2) is 0 Å². The van der Waals surface area contributed by atoms with Crippen molar-refractivity contribution in [3.8, 4) is 5.75 Å². The average Bonchev–Trinajstić information content (AvgIpc) is 2.77. The number of nitrogens with zero attached hydrogens (tertiary/aromatic N) is 1. The van der Waals surface area contributed by atoms with Gasteiger partial charge in [0.05, 0.1) is 13.0 Å². The summed E-state index contributed by atoms with van der Waals surface area (Å²) in [6.07, 6.45) is 0.464. The summed E-state index contributed by atoms with van der Waals surface area (Å²) in [6, 6.07) is 13.5. The van der Waals surface area contributed by atoms with E-state index in [4.69, 9.17) is 4.74 Å². The first-order valence-corrected chi connectivity index (χ1v) is 9.90. The van der Waals surface area contributed by atoms with Crippen LogP contribution in [0.1, 0.15) is 36.3 Å². The second kappa shape index (κ2) is 9.11. The SMILES string of the molecule is C=C(C(=O)N1CC(C(=O)O)CC(c2ccc(OC)cc2)C1)C(C)c1ccc(F)cc1. The molecule has 0 spiro atoms. The van der Waals surface area contributed by atoms with Gasteiger partial charge in [-0.15, -0.1) is 0 Å². The number of halogens is 1. The molecule has 5 nitrogen and oxygen atoms in total. The van der Waals surface area contributed by atoms with Gasteiger partial charge in [0.25, 0.3) is 0 Å². The highest BCUT2D eigenvalue weighted by molar-refractivity contribution is 5.94. The number of carbonyl (C=O) groups excluding carboxylic acids is 1. The van der Waals surface area contributed by atoms with Crippen LogP contribution in [0.2, 0.25) is 0 Å². The Bertz CT molecular complexity index is 923. The standard InChI is InChI=1S/C24H26FNO4/c1-15(17-4-8-21(25)9-5-17)16(2)23(27)26-13-19(12-20(14-26)24(28)29)18-6-10-22(30-3)11-7-18/h4-11,15,19-20H,2,12-14H2,1,3H3,(H,28,29). The van der Waals surface area contributed by atoms with Crippen molar-refractivity contribution in [2.24, 2.45) is 5.92 Å². The van der Waals surface area contributed by atoms with Crippen LogP contribution in [0.25, 0.3) is 0 Å². The number of carboxylic acid groups (broad SMARTS) is 1. The molecule has 0 saturated carbocycles. The molecule has 1 N–H and O–H groups in total. The second-order valence-electron chi connectivity index (χ2n) is 7.75. The Balaban J connectivity index is 1.79. The third kappa shape index (κ3) is 4.70. The minimum atomic E-state index is -0.914. The number of piperidine rings is 1. The number of hydrogen-bond donors (Lipinski definition) is 1. The lowest BCUT2D eigenvalue weighted by Gasteiger charge is -2.37. The summed E-state index contributed by atoms with van der Waals surface area (Å²) in [7, 11) is 1.59. The summed E-state index contributed by atoms with van der Waals surface area (Å²) in [5.74, 6) is -1.85. The van der Waals surface area contributed by atoms with Crippen molar-refractivity contribution in [3.05, 3.63) is 77.6 Å². The molecule has 1 saturated heterocycles. The number of methoxy groups -OCH3 is 1. The number of ether oxygens (including phenoxy) is 1. The maximum absolute atomic E-state index is 13.2. The summed E-state index contributed by atoms with van der Waals surface area (Å²) >= 11 is 0. The lowest BCUT2D eigenvalue weighted by atomic mass is 9.83. The van der Waals surface area contributed by atoms with Crippen LogP contribution in [0.3, 0.4) is 0 Å². The number of aliphatic carboxylic acids is 1. The number of amides is 1. The lowest BCUT2D eigenvalue weighted by Crippen LogP contribution is -2.46. The molecule has 2 aromatic carbocycles. The molecule has 3 atom stereocenters. The van der Waals surface area contributed by atoms with Crippen molar-refractivity contribution in [3.63, 3.8) is 0 Å². The van der Waals surface area contributed by atoms with Gasteiger partial charge in [0, 0.05) is 30.5 Å². The summed E-state index contributed by atoms with van der Waals surface area (Å²) in [5, 5.41) is 9.62. The second-order valence-corrected chi connectivity index (χ2v) is 7.75. The van der Waals surface area contributed by atoms with Crippen LogP contribution in [0.4, 0.5) is 4.39 Å². The average molecular weight is 411 g/mol. The molecule has 1 heterocycles. The van der Waals surface area contributed by atoms with Gasteiger partial charge in [-0.3, -0.25) is 9.59 Å². The van der Waals surface area contributed by atoms with Crippen molar-refractivity contribution in [1.29, 1.82) is 0 Å². The topological polar surface area (TPSA) is 66.8 Å². The van der Waals surface area contributed by atoms with Gasteiger partial charge in [-0.05, 0) is 41.8 Å². The Kier molecular flexibility index (Phi) is 6.55. The smallest absolute Gasteiger partial charge is 0.308 e. The minimum absolute atomic E-state index is 0.0939. The first kappa shape index (κ1) is 21.6. The maximum atomic E-state index is 13.2. The van der Waals surface area contributed by atoms with E-state index in [1.54, 1.807) is 24.1 Å². The number of likely N-dealkylation sites (tertiary alicyclic amines) is 1. The number of hydrogen-bond acceptors (Lipinski definition) is 3. The fourth-order valence-corrected chi connectivity index (χ4v) is 3.90. The van der Waals surface area contributed by atoms with Gasteiger partial charge < -0.3 is 14.7 Å². The van der Waals surface area contributed by atoms with Crippen LogP contribution in [-0.4, -0.2) is 42.1 Å². The monoisotopic (exact) mass is 411 g/mol. The molecule has 158 valence electrons. The van der Waals surface area contributed by atoms with Crippen LogP contribution >= 0.6 is 0 Å². The first-order chi connectivity index (χ1) is 14.3. The fraction of sp³-hybridized carbons (Fsp3) is 0.333. The van der Waals surface area contributed by atoms with Gasteiger partial charge >= 0.3 is 5.97 Å². The highest BCUT2D eigenvalue weighted by Gasteiger charge is 2.35. The third-order valence-corrected chi connectivity index (χ3v) is 5.84. The Morgan fingerprint density at radius 1 is 1.13 bits per heavy atom. The maximum Gasteiger partial charge on any atom is 0.308 e. The molecule has 1 fully saturated rings. The molecule has 6 heteroatoms. The summed E-state index contributed by atoms with van der Waals surface area (Å²) in [5.41, 5.74) is 2.12. The first-order valence-electron chi connectivity index (χ1n) is 9.90. The van der Waals surface area contributed by atoms with E-state index in [0.29, 0.717) is 18.5 Å². The molecular weight excluding hydrogens is 385 g/mol. The quantitative estimate of drug-likeness (QED) is 0.723. The minimum Gasteiger partial charge on any atom is -0.497 e. The molecule has 30 heavy (non-hydrogen) atoms. The zero-order valence-electron chi connectivity index (χ0n) is 17.2. The molecule has 1 amide bonds. The fourth-order valence-electron chi connectivity index (χ4n) is 3.90. The van der Waals surface area contributed by atoms with E-state index in [9.17, 15) is 19.1 Å². The van der Waals surface area contributed by atoms with Gasteiger partial charge in [-0.2, -0.15) is 0 Å². The Morgan fingerprint density at radius 2 is 1.77 bits per heavy atom. The number of rotatable bonds is 6. The molecule has 1 aliphatic rings. The Morgan fingerprint density at radius 3 is 2.33 bits per heavy atom. The van der Waals surface area contributed by atoms with E-state index < -0.39 is 11.9 Å². The summed E-state index contributed by atoms with van der Waals surface area (Å²) in [4.78, 5) is 26.5. The molecule has 0 bridgehead atoms. The molecule has 2 aromatic rings. The van der Waals surface area contributed by atoms with Gasteiger partial charge in [-0.1, -0.05) is 37.8 Å². The van der Waals surface area contributed by atoms with E-state index in [0.717, 1.165) is 16.9 Å². The van der Waals surface area contributed by atoms with Gasteiger partial charge in [0.2, 0.25) is 5.91 Å². The molecule has 3 unspecified atom stereocenters. The van der Waals surface area contributed by atoms with Crippen LogP contribution in [0.15, 0.2) is 60.7 Å². The van der Waals surface area contributed by atoms with Crippen molar-refractivity contribution >= 4 is 11.9 Å². The highest BCUT2D eigenvalue weighted by Crippen LogP contribution is 2.33. The summed E-state index contributed by atoms with van der Waals surface area (Å²) < 4.78 is 18.4. The van der Waals surface area contributed by atoms with E-state index in [1.807, 2.05) is 31.2 Å². The van der Waals surface area contributed by atoms with Crippen LogP contribution in [-0.2, 0) is 9.59 Å². The molecule has 0 radical (unpaired) electrons. The van der Waals surface area contributed by atoms with Crippen LogP contribution < -0.4 is 4.74 Å². The van der Waals surface area contributed by atoms with E-state index >= 15 is 0 Å². The van der Waals surface area contributed by atoms with Gasteiger partial charge in [0.1, 0.15) is 11.6 Å². The predicted octanol–water partition coefficient (Wildman–Crippen LogP) is 4.21. The number of carbonyl (C=O) groups is 2. The zero-order valence-corrected chi connectivity index (χ0v) is 17.2. The third-order valence-electron chi connectivity index (χ3n) is 5.84. The van der Waals surface area contributed by atoms with Crippen LogP contribution in [0.5, 0.6) is 5.75 Å². The largest absolute Gasteiger partial charge is 0.497 e. The van der Waals surface area contributed by atoms with Crippen molar-refractivity contribution < 1.29 is 23.8 Å².